The van der Waals surface area contributed by atoms with Crippen molar-refractivity contribution in [2.75, 3.05) is 24.3 Å². The Morgan fingerprint density at radius 1 is 1.19 bits per heavy atom. The van der Waals surface area contributed by atoms with Crippen molar-refractivity contribution in [3.8, 4) is 5.75 Å². The molecule has 0 fully saturated rings. The molecule has 0 atom stereocenters. The summed E-state index contributed by atoms with van der Waals surface area (Å²) in [5, 5.41) is 16.3. The molecule has 0 aromatic heterocycles. The summed E-state index contributed by atoms with van der Waals surface area (Å²) in [6.45, 7) is -0.00676. The van der Waals surface area contributed by atoms with Crippen LogP contribution in [0.5, 0.6) is 5.75 Å². The largest absolute Gasteiger partial charge is 0.495 e. The molecule has 0 bridgehead atoms. The molecule has 144 valence electrons. The first kappa shape index (κ1) is 20.0. The lowest BCUT2D eigenvalue weighted by Gasteiger charge is -2.12. The Balaban J connectivity index is 2.00. The number of amides is 1. The van der Waals surface area contributed by atoms with Gasteiger partial charge in [0.1, 0.15) is 11.4 Å². The lowest BCUT2D eigenvalue weighted by Crippen LogP contribution is -2.17. The number of hydrogen-bond acceptors (Lipinski definition) is 5. The van der Waals surface area contributed by atoms with E-state index < -0.39 is 22.4 Å². The third kappa shape index (κ3) is 5.33. The number of carbonyl (C=O) groups is 1. The molecule has 0 aliphatic heterocycles. The normalized spacial score (nSPS) is 11.0. The first-order valence-corrected chi connectivity index (χ1v) is 7.74. The van der Waals surface area contributed by atoms with Crippen LogP contribution in [0.2, 0.25) is 0 Å². The lowest BCUT2D eigenvalue weighted by atomic mass is 10.1. The van der Waals surface area contributed by atoms with Crippen molar-refractivity contribution in [1.29, 1.82) is 0 Å². The van der Waals surface area contributed by atoms with E-state index >= 15 is 0 Å². The van der Waals surface area contributed by atoms with Gasteiger partial charge < -0.3 is 15.4 Å². The fourth-order valence-electron chi connectivity index (χ4n) is 2.28. The van der Waals surface area contributed by atoms with Gasteiger partial charge in [-0.2, -0.15) is 13.2 Å². The quantitative estimate of drug-likeness (QED) is 0.555. The highest BCUT2D eigenvalue weighted by molar-refractivity contribution is 5.92. The zero-order chi connectivity index (χ0) is 20.0. The molecule has 0 spiro atoms. The van der Waals surface area contributed by atoms with Gasteiger partial charge in [0.2, 0.25) is 5.91 Å². The number of halogens is 3. The number of carbonyl (C=O) groups excluding carboxylic acids is 1. The van der Waals surface area contributed by atoms with E-state index in [0.717, 1.165) is 12.1 Å². The van der Waals surface area contributed by atoms with Crippen LogP contribution in [0.25, 0.3) is 0 Å². The molecule has 2 aromatic rings. The number of nitro benzene ring substituents is 1. The standard InChI is InChI=1S/C17H16F3N3O4/c1-27-15-5-3-2-4-13(15)22-16(24)8-9-21-12-7-6-11(17(18,19)20)10-14(12)23(25)26/h2-7,10,21H,8-9H2,1H3,(H,22,24). The molecule has 7 nitrogen and oxygen atoms in total. The van der Waals surface area contributed by atoms with E-state index in [-0.39, 0.29) is 24.6 Å². The molecule has 2 rings (SSSR count). The molecule has 2 aromatic carbocycles. The van der Waals surface area contributed by atoms with Gasteiger partial charge in [-0.3, -0.25) is 14.9 Å². The highest BCUT2D eigenvalue weighted by atomic mass is 19.4. The van der Waals surface area contributed by atoms with Crippen molar-refractivity contribution >= 4 is 23.0 Å². The average molecular weight is 383 g/mol. The van der Waals surface area contributed by atoms with Crippen molar-refractivity contribution in [1.82, 2.24) is 0 Å². The Kier molecular flexibility index (Phi) is 6.22. The van der Waals surface area contributed by atoms with Crippen LogP contribution in [0.4, 0.5) is 30.2 Å². The molecular weight excluding hydrogens is 367 g/mol. The van der Waals surface area contributed by atoms with Crippen LogP contribution in [0.3, 0.4) is 0 Å². The van der Waals surface area contributed by atoms with E-state index in [9.17, 15) is 28.1 Å². The molecule has 27 heavy (non-hydrogen) atoms. The Labute approximate surface area is 152 Å². The van der Waals surface area contributed by atoms with Crippen molar-refractivity contribution in [2.45, 2.75) is 12.6 Å². The maximum atomic E-state index is 12.7. The number of hydrogen-bond donors (Lipinski definition) is 2. The number of anilines is 2. The number of alkyl halides is 3. The van der Waals surface area contributed by atoms with Crippen LogP contribution in [0, 0.1) is 10.1 Å². The zero-order valence-corrected chi connectivity index (χ0v) is 14.2. The molecule has 0 saturated heterocycles. The predicted molar refractivity (Wildman–Crippen MR) is 92.8 cm³/mol. The van der Waals surface area contributed by atoms with Crippen LogP contribution in [0.1, 0.15) is 12.0 Å². The van der Waals surface area contributed by atoms with Gasteiger partial charge in [0, 0.05) is 19.0 Å². The molecule has 10 heteroatoms. The number of para-hydroxylation sites is 2. The van der Waals surface area contributed by atoms with Crippen LogP contribution in [-0.2, 0) is 11.0 Å². The van der Waals surface area contributed by atoms with Gasteiger partial charge in [0.25, 0.3) is 5.69 Å². The molecule has 0 heterocycles. The second kappa shape index (κ2) is 8.39. The van der Waals surface area contributed by atoms with Gasteiger partial charge in [-0.1, -0.05) is 12.1 Å². The smallest absolute Gasteiger partial charge is 0.416 e. The Morgan fingerprint density at radius 2 is 1.89 bits per heavy atom. The highest BCUT2D eigenvalue weighted by Crippen LogP contribution is 2.34. The van der Waals surface area contributed by atoms with Gasteiger partial charge in [-0.05, 0) is 24.3 Å². The van der Waals surface area contributed by atoms with Crippen LogP contribution < -0.4 is 15.4 Å². The maximum Gasteiger partial charge on any atom is 0.416 e. The average Bonchev–Trinajstić information content (AvgIpc) is 2.61. The van der Waals surface area contributed by atoms with Crippen molar-refractivity contribution in [3.05, 3.63) is 58.1 Å². The fourth-order valence-corrected chi connectivity index (χ4v) is 2.28. The Hall–Kier alpha value is -3.30. The Morgan fingerprint density at radius 3 is 2.52 bits per heavy atom. The summed E-state index contributed by atoms with van der Waals surface area (Å²) in [5.41, 5.74) is -1.47. The van der Waals surface area contributed by atoms with Crippen molar-refractivity contribution in [3.63, 3.8) is 0 Å². The second-order valence-corrected chi connectivity index (χ2v) is 5.41. The van der Waals surface area contributed by atoms with Crippen LogP contribution in [0.15, 0.2) is 42.5 Å². The van der Waals surface area contributed by atoms with E-state index in [2.05, 4.69) is 10.6 Å². The SMILES string of the molecule is COc1ccccc1NC(=O)CCNc1ccc(C(F)(F)F)cc1[N+](=O)[O-]. The highest BCUT2D eigenvalue weighted by Gasteiger charge is 2.33. The summed E-state index contributed by atoms with van der Waals surface area (Å²) in [6, 6.07) is 8.92. The molecule has 0 aliphatic rings. The summed E-state index contributed by atoms with van der Waals surface area (Å²) >= 11 is 0. The number of ether oxygens (including phenoxy) is 1. The maximum absolute atomic E-state index is 12.7. The van der Waals surface area contributed by atoms with Crippen molar-refractivity contribution < 1.29 is 27.6 Å². The third-order valence-electron chi connectivity index (χ3n) is 3.57. The zero-order valence-electron chi connectivity index (χ0n) is 14.2. The first-order chi connectivity index (χ1) is 12.7. The van der Waals surface area contributed by atoms with E-state index in [1.807, 2.05) is 0 Å². The number of rotatable bonds is 7. The molecule has 0 radical (unpaired) electrons. The number of nitrogens with zero attached hydrogens (tertiary/aromatic N) is 1. The summed E-state index contributed by atoms with van der Waals surface area (Å²) < 4.78 is 43.2. The van der Waals surface area contributed by atoms with Crippen LogP contribution >= 0.6 is 0 Å². The molecular formula is C17H16F3N3O4. The monoisotopic (exact) mass is 383 g/mol. The second-order valence-electron chi connectivity index (χ2n) is 5.41. The van der Waals surface area contributed by atoms with Gasteiger partial charge in [0.05, 0.1) is 23.3 Å². The van der Waals surface area contributed by atoms with E-state index in [4.69, 9.17) is 4.74 Å². The first-order valence-electron chi connectivity index (χ1n) is 7.74. The third-order valence-corrected chi connectivity index (χ3v) is 3.57. The minimum atomic E-state index is -4.68. The van der Waals surface area contributed by atoms with Gasteiger partial charge in [-0.15, -0.1) is 0 Å². The molecule has 0 unspecified atom stereocenters. The lowest BCUT2D eigenvalue weighted by molar-refractivity contribution is -0.384. The van der Waals surface area contributed by atoms with Gasteiger partial charge in [0.15, 0.2) is 0 Å². The minimum Gasteiger partial charge on any atom is -0.495 e. The van der Waals surface area contributed by atoms with E-state index in [1.54, 1.807) is 24.3 Å². The topological polar surface area (TPSA) is 93.5 Å². The van der Waals surface area contributed by atoms with E-state index in [1.165, 1.54) is 7.11 Å². The Bertz CT molecular complexity index is 840. The predicted octanol–water partition coefficient (Wildman–Crippen LogP) is 4.06. The molecule has 2 N–H and O–H groups in total. The molecule has 0 saturated carbocycles. The summed E-state index contributed by atoms with van der Waals surface area (Å²) in [7, 11) is 1.45. The fraction of sp³-hybridized carbons (Fsp3) is 0.235. The number of nitrogens with one attached hydrogen (secondary N) is 2. The number of methoxy groups -OCH3 is 1. The van der Waals surface area contributed by atoms with Crippen molar-refractivity contribution in [2.24, 2.45) is 0 Å². The molecule has 1 amide bonds. The summed E-state index contributed by atoms with van der Waals surface area (Å²) in [4.78, 5) is 22.1. The number of benzene rings is 2. The minimum absolute atomic E-state index is 0.00676. The molecule has 0 aliphatic carbocycles. The van der Waals surface area contributed by atoms with E-state index in [0.29, 0.717) is 17.5 Å². The summed E-state index contributed by atoms with van der Waals surface area (Å²) in [6.07, 6.45) is -4.74. The van der Waals surface area contributed by atoms with Crippen LogP contribution in [-0.4, -0.2) is 24.5 Å². The van der Waals surface area contributed by atoms with Gasteiger partial charge >= 0.3 is 6.18 Å². The summed E-state index contributed by atoms with van der Waals surface area (Å²) in [5.74, 6) is 0.0822. The van der Waals surface area contributed by atoms with Gasteiger partial charge in [-0.25, -0.2) is 0 Å². The number of nitro groups is 1.